The maximum absolute atomic E-state index is 11.6. The molecule has 0 radical (unpaired) electrons. The lowest BCUT2D eigenvalue weighted by Gasteiger charge is -2.22. The van der Waals surface area contributed by atoms with Crippen molar-refractivity contribution in [1.29, 1.82) is 0 Å². The minimum atomic E-state index is -0.632. The molecule has 1 unspecified atom stereocenters. The summed E-state index contributed by atoms with van der Waals surface area (Å²) in [5.41, 5.74) is -0.632. The van der Waals surface area contributed by atoms with Crippen LogP contribution in [-0.2, 0) is 4.74 Å². The number of carbonyl (C=O) groups excluding carboxylic acids is 1. The van der Waals surface area contributed by atoms with Crippen LogP contribution < -0.4 is 0 Å². The molecule has 1 aliphatic heterocycles. The van der Waals surface area contributed by atoms with E-state index < -0.39 is 5.60 Å². The Morgan fingerprint density at radius 3 is 2.67 bits per heavy atom. The standard InChI is InChI=1S/C11H21NO3/c1-9(2)15-10(13)12-7-4-5-11(3,14)6-8-12/h9,14H,4-8H2,1-3H3. The first-order valence-electron chi connectivity index (χ1n) is 5.59. The van der Waals surface area contributed by atoms with E-state index in [2.05, 4.69) is 0 Å². The van der Waals surface area contributed by atoms with Crippen LogP contribution in [0.15, 0.2) is 0 Å². The van der Waals surface area contributed by atoms with Crippen LogP contribution in [0.4, 0.5) is 4.79 Å². The number of hydrogen-bond donors (Lipinski definition) is 1. The summed E-state index contributed by atoms with van der Waals surface area (Å²) < 4.78 is 5.12. The van der Waals surface area contributed by atoms with E-state index in [1.165, 1.54) is 0 Å². The highest BCUT2D eigenvalue weighted by Crippen LogP contribution is 2.21. The maximum atomic E-state index is 11.6. The third kappa shape index (κ3) is 4.08. The van der Waals surface area contributed by atoms with E-state index in [1.807, 2.05) is 20.8 Å². The molecule has 0 spiro atoms. The third-order valence-electron chi connectivity index (χ3n) is 2.66. The molecule has 15 heavy (non-hydrogen) atoms. The molecule has 1 N–H and O–H groups in total. The molecule has 1 saturated heterocycles. The van der Waals surface area contributed by atoms with Crippen molar-refractivity contribution in [2.45, 2.75) is 51.7 Å². The summed E-state index contributed by atoms with van der Waals surface area (Å²) >= 11 is 0. The summed E-state index contributed by atoms with van der Waals surface area (Å²) in [4.78, 5) is 13.3. The highest BCUT2D eigenvalue weighted by molar-refractivity contribution is 5.67. The zero-order valence-electron chi connectivity index (χ0n) is 9.82. The zero-order valence-corrected chi connectivity index (χ0v) is 9.82. The number of nitrogens with zero attached hydrogens (tertiary/aromatic N) is 1. The number of ether oxygens (including phenoxy) is 1. The Labute approximate surface area is 91.2 Å². The second-order valence-electron chi connectivity index (χ2n) is 4.77. The predicted molar refractivity (Wildman–Crippen MR) is 57.7 cm³/mol. The van der Waals surface area contributed by atoms with Crippen LogP contribution in [0.1, 0.15) is 40.0 Å². The van der Waals surface area contributed by atoms with Crippen molar-refractivity contribution in [1.82, 2.24) is 4.90 Å². The minimum absolute atomic E-state index is 0.0822. The van der Waals surface area contributed by atoms with Gasteiger partial charge in [-0.05, 0) is 40.0 Å². The minimum Gasteiger partial charge on any atom is -0.447 e. The fourth-order valence-corrected chi connectivity index (χ4v) is 1.72. The average Bonchev–Trinajstić information content (AvgIpc) is 2.25. The number of aliphatic hydroxyl groups is 1. The van der Waals surface area contributed by atoms with Crippen molar-refractivity contribution in [2.75, 3.05) is 13.1 Å². The normalized spacial score (nSPS) is 27.7. The molecular weight excluding hydrogens is 194 g/mol. The first-order valence-corrected chi connectivity index (χ1v) is 5.59. The van der Waals surface area contributed by atoms with Gasteiger partial charge in [0.05, 0.1) is 11.7 Å². The van der Waals surface area contributed by atoms with E-state index in [0.717, 1.165) is 12.8 Å². The molecule has 0 aromatic rings. The molecule has 1 amide bonds. The molecule has 1 rings (SSSR count). The van der Waals surface area contributed by atoms with Crippen LogP contribution in [0, 0.1) is 0 Å². The van der Waals surface area contributed by atoms with Gasteiger partial charge in [-0.1, -0.05) is 0 Å². The zero-order chi connectivity index (χ0) is 11.5. The van der Waals surface area contributed by atoms with Gasteiger partial charge in [-0.2, -0.15) is 0 Å². The molecule has 0 saturated carbocycles. The fourth-order valence-electron chi connectivity index (χ4n) is 1.72. The van der Waals surface area contributed by atoms with Gasteiger partial charge in [0, 0.05) is 13.1 Å². The Hall–Kier alpha value is -0.770. The van der Waals surface area contributed by atoms with Crippen LogP contribution in [-0.4, -0.2) is 40.9 Å². The molecule has 4 heteroatoms. The van der Waals surface area contributed by atoms with E-state index in [0.29, 0.717) is 19.5 Å². The number of carbonyl (C=O) groups is 1. The van der Waals surface area contributed by atoms with Gasteiger partial charge in [0.15, 0.2) is 0 Å². The van der Waals surface area contributed by atoms with E-state index in [9.17, 15) is 9.90 Å². The van der Waals surface area contributed by atoms with Crippen molar-refractivity contribution in [2.24, 2.45) is 0 Å². The van der Waals surface area contributed by atoms with Gasteiger partial charge in [-0.3, -0.25) is 0 Å². The second-order valence-corrected chi connectivity index (χ2v) is 4.77. The first-order chi connectivity index (χ1) is 6.91. The van der Waals surface area contributed by atoms with Gasteiger partial charge in [0.2, 0.25) is 0 Å². The van der Waals surface area contributed by atoms with E-state index in [1.54, 1.807) is 4.90 Å². The molecule has 1 atom stereocenters. The topological polar surface area (TPSA) is 49.8 Å². The van der Waals surface area contributed by atoms with Crippen molar-refractivity contribution < 1.29 is 14.6 Å². The van der Waals surface area contributed by atoms with Crippen LogP contribution >= 0.6 is 0 Å². The predicted octanol–water partition coefficient (Wildman–Crippen LogP) is 1.77. The molecule has 0 aromatic heterocycles. The van der Waals surface area contributed by atoms with Crippen LogP contribution in [0.3, 0.4) is 0 Å². The molecule has 1 fully saturated rings. The maximum Gasteiger partial charge on any atom is 0.410 e. The second kappa shape index (κ2) is 4.84. The molecule has 88 valence electrons. The summed E-state index contributed by atoms with van der Waals surface area (Å²) in [6.45, 7) is 6.77. The highest BCUT2D eigenvalue weighted by atomic mass is 16.6. The third-order valence-corrected chi connectivity index (χ3v) is 2.66. The van der Waals surface area contributed by atoms with Crippen molar-refractivity contribution >= 4 is 6.09 Å². The van der Waals surface area contributed by atoms with Gasteiger partial charge < -0.3 is 14.7 Å². The highest BCUT2D eigenvalue weighted by Gasteiger charge is 2.27. The molecule has 1 aliphatic rings. The molecular formula is C11H21NO3. The lowest BCUT2D eigenvalue weighted by molar-refractivity contribution is 0.0421. The van der Waals surface area contributed by atoms with E-state index in [4.69, 9.17) is 4.74 Å². The SMILES string of the molecule is CC(C)OC(=O)N1CCCC(C)(O)CC1. The van der Waals surface area contributed by atoms with Crippen LogP contribution in [0.2, 0.25) is 0 Å². The van der Waals surface area contributed by atoms with E-state index >= 15 is 0 Å². The smallest absolute Gasteiger partial charge is 0.410 e. The molecule has 0 aliphatic carbocycles. The Bertz CT molecular complexity index is 226. The van der Waals surface area contributed by atoms with Gasteiger partial charge in [-0.25, -0.2) is 4.79 Å². The Kier molecular flexibility index (Phi) is 3.97. The van der Waals surface area contributed by atoms with Gasteiger partial charge in [-0.15, -0.1) is 0 Å². The molecule has 0 aromatic carbocycles. The summed E-state index contributed by atoms with van der Waals surface area (Å²) in [5.74, 6) is 0. The fraction of sp³-hybridized carbons (Fsp3) is 0.909. The lowest BCUT2D eigenvalue weighted by Crippen LogP contribution is -2.35. The van der Waals surface area contributed by atoms with Gasteiger partial charge >= 0.3 is 6.09 Å². The van der Waals surface area contributed by atoms with Gasteiger partial charge in [0.25, 0.3) is 0 Å². The average molecular weight is 215 g/mol. The van der Waals surface area contributed by atoms with Gasteiger partial charge in [0.1, 0.15) is 0 Å². The van der Waals surface area contributed by atoms with Crippen molar-refractivity contribution in [3.63, 3.8) is 0 Å². The van der Waals surface area contributed by atoms with Crippen molar-refractivity contribution in [3.05, 3.63) is 0 Å². The number of hydrogen-bond acceptors (Lipinski definition) is 3. The van der Waals surface area contributed by atoms with Crippen molar-refractivity contribution in [3.8, 4) is 0 Å². The first kappa shape index (κ1) is 12.3. The number of amides is 1. The number of rotatable bonds is 1. The molecule has 1 heterocycles. The summed E-state index contributed by atoms with van der Waals surface area (Å²) in [7, 11) is 0. The molecule has 4 nitrogen and oxygen atoms in total. The lowest BCUT2D eigenvalue weighted by atomic mass is 9.98. The summed E-state index contributed by atoms with van der Waals surface area (Å²) in [5, 5.41) is 9.86. The van der Waals surface area contributed by atoms with E-state index in [-0.39, 0.29) is 12.2 Å². The largest absolute Gasteiger partial charge is 0.447 e. The Morgan fingerprint density at radius 2 is 2.07 bits per heavy atom. The summed E-state index contributed by atoms with van der Waals surface area (Å²) in [6.07, 6.45) is 1.86. The monoisotopic (exact) mass is 215 g/mol. The van der Waals surface area contributed by atoms with Crippen LogP contribution in [0.5, 0.6) is 0 Å². The Morgan fingerprint density at radius 1 is 1.40 bits per heavy atom. The quantitative estimate of drug-likeness (QED) is 0.725. The van der Waals surface area contributed by atoms with Crippen LogP contribution in [0.25, 0.3) is 0 Å². The summed E-state index contributed by atoms with van der Waals surface area (Å²) in [6, 6.07) is 0. The molecule has 0 bridgehead atoms. The number of likely N-dealkylation sites (tertiary alicyclic amines) is 1. The Balaban J connectivity index is 2.47.